The van der Waals surface area contributed by atoms with Gasteiger partial charge in [-0.3, -0.25) is 4.79 Å². The van der Waals surface area contributed by atoms with Gasteiger partial charge in [-0.05, 0) is 34.3 Å². The van der Waals surface area contributed by atoms with Crippen LogP contribution in [0.25, 0.3) is 11.1 Å². The number of hydrogen-bond acceptors (Lipinski definition) is 3. The molecule has 134 valence electrons. The molecule has 0 unspecified atom stereocenters. The van der Waals surface area contributed by atoms with Crippen molar-refractivity contribution in [3.8, 4) is 11.1 Å². The number of aromatic nitrogens is 1. The van der Waals surface area contributed by atoms with Crippen LogP contribution < -0.4 is 5.32 Å². The number of benzene rings is 2. The summed E-state index contributed by atoms with van der Waals surface area (Å²) in [6.45, 7) is 0. The number of amides is 1. The summed E-state index contributed by atoms with van der Waals surface area (Å²) in [5.41, 5.74) is 4.41. The minimum Gasteiger partial charge on any atom is -0.320 e. The van der Waals surface area contributed by atoms with Gasteiger partial charge in [0.05, 0.1) is 0 Å². The molecule has 1 amide bonds. The zero-order valence-corrected chi connectivity index (χ0v) is 17.1. The molecule has 0 atom stereocenters. The molecule has 1 heterocycles. The van der Waals surface area contributed by atoms with Crippen molar-refractivity contribution in [1.82, 2.24) is 4.37 Å². The molecule has 1 aromatic heterocycles. The molecule has 2 aromatic carbocycles. The van der Waals surface area contributed by atoms with Crippen LogP contribution in [0.3, 0.4) is 0 Å². The Labute approximate surface area is 175 Å². The fourth-order valence-corrected chi connectivity index (χ4v) is 3.73. The van der Waals surface area contributed by atoms with Crippen LogP contribution in [0.15, 0.2) is 42.5 Å². The lowest BCUT2D eigenvalue weighted by molar-refractivity contribution is 0.102. The number of halogens is 4. The quantitative estimate of drug-likeness (QED) is 0.436. The van der Waals surface area contributed by atoms with Gasteiger partial charge in [-0.15, -0.1) is 23.2 Å². The summed E-state index contributed by atoms with van der Waals surface area (Å²) in [5, 5.41) is 3.01. The molecule has 0 spiro atoms. The van der Waals surface area contributed by atoms with Gasteiger partial charge in [0, 0.05) is 23.0 Å². The Bertz CT molecular complexity index is 941. The van der Waals surface area contributed by atoms with Gasteiger partial charge in [-0.2, -0.15) is 4.37 Å². The number of hydrogen-bond donors (Lipinski definition) is 1. The maximum atomic E-state index is 12.6. The summed E-state index contributed by atoms with van der Waals surface area (Å²) >= 11 is 24.7. The van der Waals surface area contributed by atoms with E-state index in [1.54, 1.807) is 0 Å². The molecule has 0 saturated heterocycles. The van der Waals surface area contributed by atoms with Gasteiger partial charge in [0.15, 0.2) is 5.69 Å². The third-order valence-electron chi connectivity index (χ3n) is 3.72. The maximum Gasteiger partial charge on any atom is 0.277 e. The zero-order chi connectivity index (χ0) is 18.7. The van der Waals surface area contributed by atoms with Crippen molar-refractivity contribution in [1.29, 1.82) is 0 Å². The number of alkyl halides is 2. The van der Waals surface area contributed by atoms with E-state index in [0.717, 1.165) is 33.8 Å². The standard InChI is InChI=1S/C18H12Cl4N2OS/c19-8-10-1-4-12(5-2-10)13-6-3-11(9-20)7-14(13)23-18(25)16-15(21)17(22)26-24-16/h1-7H,8-9H2,(H,23,25). The smallest absolute Gasteiger partial charge is 0.277 e. The fraction of sp³-hybridized carbons (Fsp3) is 0.111. The van der Waals surface area contributed by atoms with Crippen LogP contribution >= 0.6 is 57.9 Å². The molecule has 3 rings (SSSR count). The Kier molecular flexibility index (Phi) is 6.43. The summed E-state index contributed by atoms with van der Waals surface area (Å²) in [4.78, 5) is 12.6. The molecule has 0 bridgehead atoms. The first kappa shape index (κ1) is 19.5. The largest absolute Gasteiger partial charge is 0.320 e. The Balaban J connectivity index is 1.98. The van der Waals surface area contributed by atoms with Gasteiger partial charge in [-0.25, -0.2) is 0 Å². The van der Waals surface area contributed by atoms with Crippen LogP contribution in [0.5, 0.6) is 0 Å². The first-order chi connectivity index (χ1) is 12.5. The van der Waals surface area contributed by atoms with Crippen molar-refractivity contribution in [2.45, 2.75) is 11.8 Å². The van der Waals surface area contributed by atoms with Crippen LogP contribution in [0, 0.1) is 0 Å². The molecule has 3 nitrogen and oxygen atoms in total. The van der Waals surface area contributed by atoms with Crippen LogP contribution in [0.2, 0.25) is 9.36 Å². The fourth-order valence-electron chi connectivity index (χ4n) is 2.38. The number of carbonyl (C=O) groups excluding carboxylic acids is 1. The summed E-state index contributed by atoms with van der Waals surface area (Å²) in [6, 6.07) is 13.5. The van der Waals surface area contributed by atoms with Gasteiger partial charge in [0.25, 0.3) is 5.91 Å². The highest BCUT2D eigenvalue weighted by molar-refractivity contribution is 7.11. The summed E-state index contributed by atoms with van der Waals surface area (Å²) in [5.74, 6) is 0.346. The summed E-state index contributed by atoms with van der Waals surface area (Å²) in [6.07, 6.45) is 0. The predicted octanol–water partition coefficient (Wildman–Crippen LogP) is 6.85. The van der Waals surface area contributed by atoms with E-state index in [-0.39, 0.29) is 15.1 Å². The Morgan fingerprint density at radius 3 is 2.23 bits per heavy atom. The zero-order valence-electron chi connectivity index (χ0n) is 13.2. The molecule has 8 heteroatoms. The van der Waals surface area contributed by atoms with Crippen molar-refractivity contribution >= 4 is 69.5 Å². The molecule has 0 saturated carbocycles. The minimum absolute atomic E-state index is 0.0985. The Morgan fingerprint density at radius 2 is 1.65 bits per heavy atom. The lowest BCUT2D eigenvalue weighted by Gasteiger charge is -2.13. The van der Waals surface area contributed by atoms with Crippen LogP contribution in [-0.2, 0) is 11.8 Å². The molecule has 0 aliphatic carbocycles. The first-order valence-corrected chi connectivity index (χ1v) is 10.1. The van der Waals surface area contributed by atoms with Crippen molar-refractivity contribution in [3.63, 3.8) is 0 Å². The van der Waals surface area contributed by atoms with Gasteiger partial charge in [0.2, 0.25) is 0 Å². The van der Waals surface area contributed by atoms with Crippen molar-refractivity contribution in [2.24, 2.45) is 0 Å². The van der Waals surface area contributed by atoms with E-state index in [0.29, 0.717) is 17.4 Å². The predicted molar refractivity (Wildman–Crippen MR) is 111 cm³/mol. The second kappa shape index (κ2) is 8.59. The Hall–Kier alpha value is -1.30. The second-order valence-electron chi connectivity index (χ2n) is 5.42. The number of rotatable bonds is 5. The van der Waals surface area contributed by atoms with Gasteiger partial charge >= 0.3 is 0 Å². The second-order valence-corrected chi connectivity index (χ2v) is 7.71. The molecule has 26 heavy (non-hydrogen) atoms. The average Bonchev–Trinajstić information content (AvgIpc) is 3.00. The number of nitrogens with one attached hydrogen (secondary N) is 1. The van der Waals surface area contributed by atoms with Crippen LogP contribution in [0.1, 0.15) is 21.6 Å². The van der Waals surface area contributed by atoms with E-state index in [1.165, 1.54) is 0 Å². The molecule has 1 N–H and O–H groups in total. The van der Waals surface area contributed by atoms with Crippen LogP contribution in [0.4, 0.5) is 5.69 Å². The third-order valence-corrected chi connectivity index (χ3v) is 5.95. The maximum absolute atomic E-state index is 12.6. The number of carbonyl (C=O) groups is 1. The monoisotopic (exact) mass is 444 g/mol. The molecule has 0 aliphatic heterocycles. The van der Waals surface area contributed by atoms with Crippen LogP contribution in [-0.4, -0.2) is 10.3 Å². The summed E-state index contributed by atoms with van der Waals surface area (Å²) in [7, 11) is 0. The topological polar surface area (TPSA) is 42.0 Å². The van der Waals surface area contributed by atoms with E-state index in [2.05, 4.69) is 9.69 Å². The van der Waals surface area contributed by atoms with E-state index < -0.39 is 5.91 Å². The number of anilines is 1. The molecule has 3 aromatic rings. The lowest BCUT2D eigenvalue weighted by Crippen LogP contribution is -2.13. The highest BCUT2D eigenvalue weighted by atomic mass is 35.5. The number of nitrogens with zero attached hydrogens (tertiary/aromatic N) is 1. The first-order valence-electron chi connectivity index (χ1n) is 7.49. The van der Waals surface area contributed by atoms with E-state index in [4.69, 9.17) is 46.4 Å². The van der Waals surface area contributed by atoms with Gasteiger partial charge < -0.3 is 5.32 Å². The molecular weight excluding hydrogens is 434 g/mol. The van der Waals surface area contributed by atoms with E-state index >= 15 is 0 Å². The lowest BCUT2D eigenvalue weighted by atomic mass is 10.0. The van der Waals surface area contributed by atoms with E-state index in [9.17, 15) is 4.79 Å². The third kappa shape index (κ3) is 4.16. The summed E-state index contributed by atoms with van der Waals surface area (Å²) < 4.78 is 4.28. The Morgan fingerprint density at radius 1 is 1.00 bits per heavy atom. The molecule has 0 radical (unpaired) electrons. The normalized spacial score (nSPS) is 10.8. The van der Waals surface area contributed by atoms with Crippen molar-refractivity contribution in [3.05, 3.63) is 68.6 Å². The molecule has 0 aliphatic rings. The van der Waals surface area contributed by atoms with Gasteiger partial charge in [0.1, 0.15) is 9.36 Å². The highest BCUT2D eigenvalue weighted by Gasteiger charge is 2.19. The van der Waals surface area contributed by atoms with Crippen molar-refractivity contribution in [2.75, 3.05) is 5.32 Å². The highest BCUT2D eigenvalue weighted by Crippen LogP contribution is 2.33. The van der Waals surface area contributed by atoms with E-state index in [1.807, 2.05) is 42.5 Å². The molecule has 0 fully saturated rings. The SMILES string of the molecule is O=C(Nc1cc(CCl)ccc1-c1ccc(CCl)cc1)c1nsc(Cl)c1Cl. The average molecular weight is 446 g/mol. The van der Waals surface area contributed by atoms with Crippen molar-refractivity contribution < 1.29 is 4.79 Å². The van der Waals surface area contributed by atoms with Gasteiger partial charge in [-0.1, -0.05) is 59.6 Å². The minimum atomic E-state index is -0.427. The molecular formula is C18H12Cl4N2OS.